The summed E-state index contributed by atoms with van der Waals surface area (Å²) in [6.45, 7) is 1.49. The van der Waals surface area contributed by atoms with Gasteiger partial charge in [-0.05, 0) is 24.3 Å². The molecule has 2 N–H and O–H groups in total. The van der Waals surface area contributed by atoms with Gasteiger partial charge in [0.2, 0.25) is 0 Å². The molecule has 0 radical (unpaired) electrons. The number of rotatable bonds is 6. The zero-order chi connectivity index (χ0) is 15.4. The van der Waals surface area contributed by atoms with Crippen LogP contribution in [0.5, 0.6) is 0 Å². The number of amides is 2. The number of hydrogen-bond donors (Lipinski definition) is 2. The number of aliphatic hydroxyl groups excluding tert-OH is 1. The van der Waals surface area contributed by atoms with Crippen molar-refractivity contribution in [2.24, 2.45) is 0 Å². The molecule has 0 bridgehead atoms. The third-order valence-electron chi connectivity index (χ3n) is 3.14. The first-order valence-electron chi connectivity index (χ1n) is 6.65. The first-order valence-corrected chi connectivity index (χ1v) is 6.65. The van der Waals surface area contributed by atoms with Crippen molar-refractivity contribution in [1.82, 2.24) is 4.90 Å². The number of carbonyl (C=O) groups excluding carboxylic acids is 3. The fraction of sp³-hybridized carbons (Fsp3) is 0.267. The Morgan fingerprint density at radius 2 is 1.90 bits per heavy atom. The van der Waals surface area contributed by atoms with Crippen molar-refractivity contribution >= 4 is 23.3 Å². The number of nitrogens with one attached hydrogen (secondary N) is 1. The van der Waals surface area contributed by atoms with Crippen molar-refractivity contribution in [3.8, 4) is 0 Å². The van der Waals surface area contributed by atoms with Crippen LogP contribution in [0.2, 0.25) is 0 Å². The number of hydrogen-bond acceptors (Lipinski definition) is 5. The highest BCUT2D eigenvalue weighted by Crippen LogP contribution is 2.18. The van der Waals surface area contributed by atoms with Gasteiger partial charge in [0.15, 0.2) is 5.78 Å². The Morgan fingerprint density at radius 1 is 1.24 bits per heavy atom. The van der Waals surface area contributed by atoms with E-state index in [-0.39, 0.29) is 24.6 Å². The van der Waals surface area contributed by atoms with Gasteiger partial charge in [0.1, 0.15) is 5.70 Å². The van der Waals surface area contributed by atoms with Gasteiger partial charge in [0.05, 0.1) is 13.2 Å². The Balaban J connectivity index is 2.09. The van der Waals surface area contributed by atoms with Crippen LogP contribution in [0, 0.1) is 0 Å². The first kappa shape index (κ1) is 14.9. The number of imide groups is 1. The van der Waals surface area contributed by atoms with E-state index < -0.39 is 11.8 Å². The lowest BCUT2D eigenvalue weighted by Crippen LogP contribution is -2.34. The van der Waals surface area contributed by atoms with E-state index in [4.69, 9.17) is 5.11 Å². The molecule has 0 aliphatic carbocycles. The monoisotopic (exact) mass is 288 g/mol. The average Bonchev–Trinajstić information content (AvgIpc) is 2.75. The van der Waals surface area contributed by atoms with Crippen molar-refractivity contribution in [1.29, 1.82) is 0 Å². The van der Waals surface area contributed by atoms with Gasteiger partial charge in [-0.25, -0.2) is 0 Å². The smallest absolute Gasteiger partial charge is 0.277 e. The van der Waals surface area contributed by atoms with Crippen LogP contribution in [0.4, 0.5) is 5.69 Å². The summed E-state index contributed by atoms with van der Waals surface area (Å²) < 4.78 is 0. The molecule has 1 aliphatic rings. The van der Waals surface area contributed by atoms with Crippen molar-refractivity contribution in [3.05, 3.63) is 41.6 Å². The zero-order valence-corrected chi connectivity index (χ0v) is 11.6. The van der Waals surface area contributed by atoms with Crippen LogP contribution in [-0.4, -0.2) is 40.8 Å². The van der Waals surface area contributed by atoms with Gasteiger partial charge in [-0.15, -0.1) is 0 Å². The van der Waals surface area contributed by atoms with Crippen LogP contribution in [0.3, 0.4) is 0 Å². The van der Waals surface area contributed by atoms with Gasteiger partial charge in [-0.1, -0.05) is 6.92 Å². The molecule has 0 saturated carbocycles. The molecule has 2 rings (SSSR count). The lowest BCUT2D eigenvalue weighted by molar-refractivity contribution is -0.137. The highest BCUT2D eigenvalue weighted by molar-refractivity contribution is 6.17. The van der Waals surface area contributed by atoms with Gasteiger partial charge in [-0.2, -0.15) is 0 Å². The van der Waals surface area contributed by atoms with Crippen LogP contribution in [0.15, 0.2) is 36.0 Å². The largest absolute Gasteiger partial charge is 0.395 e. The molecule has 1 aromatic carbocycles. The summed E-state index contributed by atoms with van der Waals surface area (Å²) in [5.74, 6) is -0.876. The molecule has 0 saturated heterocycles. The Labute approximate surface area is 122 Å². The topological polar surface area (TPSA) is 86.7 Å². The summed E-state index contributed by atoms with van der Waals surface area (Å²) in [6.07, 6.45) is 1.63. The standard InChI is InChI=1S/C15H16N2O4/c1-2-13(19)10-3-5-11(6-4-10)16-12-9-14(20)17(7-8-18)15(12)21/h3-6,9,16,18H,2,7-8H2,1H3. The molecule has 6 nitrogen and oxygen atoms in total. The minimum absolute atomic E-state index is 0.0245. The SMILES string of the molecule is CCC(=O)c1ccc(NC2=CC(=O)N(CCO)C2=O)cc1. The second-order valence-electron chi connectivity index (χ2n) is 4.56. The van der Waals surface area contributed by atoms with Crippen LogP contribution >= 0.6 is 0 Å². The maximum absolute atomic E-state index is 11.9. The molecule has 0 unspecified atom stereocenters. The number of nitrogens with zero attached hydrogens (tertiary/aromatic N) is 1. The lowest BCUT2D eigenvalue weighted by Gasteiger charge is -2.13. The minimum atomic E-state index is -0.470. The molecule has 0 atom stereocenters. The highest BCUT2D eigenvalue weighted by Gasteiger charge is 2.30. The third kappa shape index (κ3) is 3.17. The van der Waals surface area contributed by atoms with Crippen molar-refractivity contribution in [2.75, 3.05) is 18.5 Å². The summed E-state index contributed by atoms with van der Waals surface area (Å²) in [6, 6.07) is 6.69. The maximum atomic E-state index is 11.9. The normalized spacial score (nSPS) is 14.4. The Hall–Kier alpha value is -2.47. The highest BCUT2D eigenvalue weighted by atomic mass is 16.3. The number of anilines is 1. The summed E-state index contributed by atoms with van der Waals surface area (Å²) in [4.78, 5) is 36.0. The molecule has 110 valence electrons. The van der Waals surface area contributed by atoms with Gasteiger partial charge in [0.25, 0.3) is 11.8 Å². The Kier molecular flexibility index (Phi) is 4.49. The molecule has 0 spiro atoms. The molecule has 1 heterocycles. The van der Waals surface area contributed by atoms with Crippen LogP contribution in [-0.2, 0) is 9.59 Å². The van der Waals surface area contributed by atoms with E-state index >= 15 is 0 Å². The van der Waals surface area contributed by atoms with E-state index in [0.29, 0.717) is 17.7 Å². The van der Waals surface area contributed by atoms with Gasteiger partial charge in [-0.3, -0.25) is 19.3 Å². The molecule has 1 aliphatic heterocycles. The zero-order valence-electron chi connectivity index (χ0n) is 11.6. The molecule has 0 aromatic heterocycles. The number of aliphatic hydroxyl groups is 1. The van der Waals surface area contributed by atoms with E-state index in [1.807, 2.05) is 0 Å². The second-order valence-corrected chi connectivity index (χ2v) is 4.56. The number of β-amino-alcohol motifs (C(OH)–C–C–N with tert-alkyl or cyclic N) is 1. The third-order valence-corrected chi connectivity index (χ3v) is 3.14. The molecule has 21 heavy (non-hydrogen) atoms. The van der Waals surface area contributed by atoms with E-state index in [2.05, 4.69) is 5.32 Å². The Morgan fingerprint density at radius 3 is 2.48 bits per heavy atom. The predicted octanol–water partition coefficient (Wildman–Crippen LogP) is 0.936. The van der Waals surface area contributed by atoms with Gasteiger partial charge >= 0.3 is 0 Å². The van der Waals surface area contributed by atoms with E-state index in [1.54, 1.807) is 31.2 Å². The summed E-state index contributed by atoms with van der Waals surface area (Å²) in [7, 11) is 0. The van der Waals surface area contributed by atoms with Crippen LogP contribution in [0.1, 0.15) is 23.7 Å². The molecule has 2 amide bonds. The minimum Gasteiger partial charge on any atom is -0.395 e. The molecule has 0 fully saturated rings. The fourth-order valence-electron chi connectivity index (χ4n) is 2.01. The number of Topliss-reactive ketones (excluding diaryl/α,β-unsaturated/α-hetero) is 1. The number of benzene rings is 1. The quantitative estimate of drug-likeness (QED) is 0.601. The van der Waals surface area contributed by atoms with Crippen LogP contribution in [0.25, 0.3) is 0 Å². The number of ketones is 1. The van der Waals surface area contributed by atoms with Gasteiger partial charge in [0, 0.05) is 23.7 Å². The maximum Gasteiger partial charge on any atom is 0.277 e. The number of carbonyl (C=O) groups is 3. The van der Waals surface area contributed by atoms with Crippen molar-refractivity contribution < 1.29 is 19.5 Å². The molecular formula is C15H16N2O4. The van der Waals surface area contributed by atoms with E-state index in [0.717, 1.165) is 4.90 Å². The second kappa shape index (κ2) is 6.32. The first-order chi connectivity index (χ1) is 10.1. The molecular weight excluding hydrogens is 272 g/mol. The predicted molar refractivity (Wildman–Crippen MR) is 76.6 cm³/mol. The Bertz CT molecular complexity index is 605. The molecule has 6 heteroatoms. The molecule has 1 aromatic rings. The van der Waals surface area contributed by atoms with E-state index in [9.17, 15) is 14.4 Å². The average molecular weight is 288 g/mol. The van der Waals surface area contributed by atoms with Crippen molar-refractivity contribution in [3.63, 3.8) is 0 Å². The summed E-state index contributed by atoms with van der Waals surface area (Å²) in [5.41, 5.74) is 1.37. The van der Waals surface area contributed by atoms with E-state index in [1.165, 1.54) is 6.08 Å². The summed E-state index contributed by atoms with van der Waals surface area (Å²) in [5, 5.41) is 11.7. The summed E-state index contributed by atoms with van der Waals surface area (Å²) >= 11 is 0. The van der Waals surface area contributed by atoms with Crippen molar-refractivity contribution in [2.45, 2.75) is 13.3 Å². The van der Waals surface area contributed by atoms with Crippen LogP contribution < -0.4 is 5.32 Å². The lowest BCUT2D eigenvalue weighted by atomic mass is 10.1. The fourth-order valence-corrected chi connectivity index (χ4v) is 2.01. The van der Waals surface area contributed by atoms with Gasteiger partial charge < -0.3 is 10.4 Å².